The van der Waals surface area contributed by atoms with Crippen molar-refractivity contribution in [1.29, 1.82) is 0 Å². The molecule has 0 amide bonds. The van der Waals surface area contributed by atoms with Crippen molar-refractivity contribution in [2.45, 2.75) is 0 Å². The van der Waals surface area contributed by atoms with Gasteiger partial charge in [0.25, 0.3) is 0 Å². The number of hydrogen-bond acceptors (Lipinski definition) is 4. The number of halogens is 1. The van der Waals surface area contributed by atoms with Gasteiger partial charge in [0.15, 0.2) is 5.65 Å². The number of fused-ring (bicyclic) bond motifs is 3. The molecule has 4 aromatic rings. The lowest BCUT2D eigenvalue weighted by Gasteiger charge is -2.12. The standard InChI is InChI=1S/C20H20N4O.ClH/c1-23(2)12-13-25-20-16-10-6-7-11-18(16)24-19(21-20)14-17(22-24)15-8-4-3-5-9-15;/h3-11,14H,12-13H2,1-2H3;1H. The van der Waals surface area contributed by atoms with Crippen molar-refractivity contribution in [1.82, 2.24) is 19.5 Å². The molecule has 0 unspecified atom stereocenters. The summed E-state index contributed by atoms with van der Waals surface area (Å²) < 4.78 is 7.84. The van der Waals surface area contributed by atoms with Gasteiger partial charge in [-0.3, -0.25) is 0 Å². The highest BCUT2D eigenvalue weighted by molar-refractivity contribution is 5.86. The third kappa shape index (κ3) is 3.49. The van der Waals surface area contributed by atoms with Crippen LogP contribution in [-0.4, -0.2) is 46.7 Å². The molecule has 0 aliphatic carbocycles. The Bertz CT molecular complexity index is 1010. The molecule has 5 nitrogen and oxygen atoms in total. The van der Waals surface area contributed by atoms with E-state index in [2.05, 4.69) is 17.0 Å². The van der Waals surface area contributed by atoms with Gasteiger partial charge in [0.05, 0.1) is 16.6 Å². The molecule has 0 saturated carbocycles. The Labute approximate surface area is 158 Å². The highest BCUT2D eigenvalue weighted by atomic mass is 35.5. The van der Waals surface area contributed by atoms with Crippen molar-refractivity contribution in [3.63, 3.8) is 0 Å². The van der Waals surface area contributed by atoms with E-state index in [0.29, 0.717) is 12.5 Å². The lowest BCUT2D eigenvalue weighted by Crippen LogP contribution is -2.19. The Balaban J connectivity index is 0.00000196. The molecule has 6 heteroatoms. The van der Waals surface area contributed by atoms with Crippen LogP contribution < -0.4 is 4.74 Å². The van der Waals surface area contributed by atoms with Crippen LogP contribution in [0.5, 0.6) is 5.88 Å². The quantitative estimate of drug-likeness (QED) is 0.535. The minimum Gasteiger partial charge on any atom is -0.476 e. The first-order valence-corrected chi connectivity index (χ1v) is 8.34. The van der Waals surface area contributed by atoms with E-state index in [1.54, 1.807) is 0 Å². The topological polar surface area (TPSA) is 42.7 Å². The molecule has 0 atom stereocenters. The van der Waals surface area contributed by atoms with E-state index in [9.17, 15) is 0 Å². The van der Waals surface area contributed by atoms with Gasteiger partial charge in [-0.15, -0.1) is 12.4 Å². The molecule has 0 aliphatic rings. The van der Waals surface area contributed by atoms with Crippen molar-refractivity contribution in [3.8, 4) is 17.1 Å². The second-order valence-electron chi connectivity index (χ2n) is 6.25. The highest BCUT2D eigenvalue weighted by Gasteiger charge is 2.12. The predicted octanol–water partition coefficient (Wildman–Crippen LogP) is 3.91. The van der Waals surface area contributed by atoms with Crippen LogP contribution in [-0.2, 0) is 0 Å². The second kappa shape index (κ2) is 7.72. The summed E-state index contributed by atoms with van der Waals surface area (Å²) in [6.45, 7) is 1.44. The Kier molecular flexibility index (Phi) is 5.40. The first-order valence-electron chi connectivity index (χ1n) is 8.34. The van der Waals surface area contributed by atoms with Gasteiger partial charge in [0, 0.05) is 18.2 Å². The van der Waals surface area contributed by atoms with Gasteiger partial charge < -0.3 is 9.64 Å². The summed E-state index contributed by atoms with van der Waals surface area (Å²) >= 11 is 0. The zero-order valence-corrected chi connectivity index (χ0v) is 15.6. The van der Waals surface area contributed by atoms with Gasteiger partial charge in [0.2, 0.25) is 5.88 Å². The van der Waals surface area contributed by atoms with Crippen molar-refractivity contribution >= 4 is 29.0 Å². The maximum absolute atomic E-state index is 5.96. The number of rotatable bonds is 5. The van der Waals surface area contributed by atoms with Crippen LogP contribution in [0.3, 0.4) is 0 Å². The Hall–Kier alpha value is -2.63. The van der Waals surface area contributed by atoms with E-state index in [0.717, 1.165) is 34.4 Å². The summed E-state index contributed by atoms with van der Waals surface area (Å²) in [5.41, 5.74) is 3.77. The fourth-order valence-corrected chi connectivity index (χ4v) is 2.82. The molecule has 0 radical (unpaired) electrons. The molecule has 2 aromatic heterocycles. The maximum atomic E-state index is 5.96. The van der Waals surface area contributed by atoms with E-state index in [1.807, 2.05) is 67.1 Å². The smallest absolute Gasteiger partial charge is 0.225 e. The van der Waals surface area contributed by atoms with Gasteiger partial charge in [0.1, 0.15) is 6.61 Å². The second-order valence-corrected chi connectivity index (χ2v) is 6.25. The van der Waals surface area contributed by atoms with Crippen molar-refractivity contribution in [2.24, 2.45) is 0 Å². The van der Waals surface area contributed by atoms with Crippen LogP contribution in [0.25, 0.3) is 27.8 Å². The molecule has 26 heavy (non-hydrogen) atoms. The lowest BCUT2D eigenvalue weighted by molar-refractivity contribution is 0.257. The summed E-state index contributed by atoms with van der Waals surface area (Å²) in [6, 6.07) is 20.2. The number of likely N-dealkylation sites (N-methyl/N-ethyl adjacent to an activating group) is 1. The molecule has 2 aromatic carbocycles. The maximum Gasteiger partial charge on any atom is 0.225 e. The molecular weight excluding hydrogens is 348 g/mol. The Morgan fingerprint density at radius 3 is 2.50 bits per heavy atom. The molecule has 0 N–H and O–H groups in total. The van der Waals surface area contributed by atoms with Gasteiger partial charge in [-0.25, -0.2) is 4.52 Å². The number of ether oxygens (including phenoxy) is 1. The zero-order chi connectivity index (χ0) is 17.2. The number of hydrogen-bond donors (Lipinski definition) is 0. The van der Waals surface area contributed by atoms with Crippen molar-refractivity contribution in [3.05, 3.63) is 60.7 Å². The van der Waals surface area contributed by atoms with E-state index < -0.39 is 0 Å². The summed E-state index contributed by atoms with van der Waals surface area (Å²) in [6.07, 6.45) is 0. The lowest BCUT2D eigenvalue weighted by atomic mass is 10.2. The molecule has 2 heterocycles. The third-order valence-corrected chi connectivity index (χ3v) is 4.12. The van der Waals surface area contributed by atoms with Crippen LogP contribution in [0.2, 0.25) is 0 Å². The fourth-order valence-electron chi connectivity index (χ4n) is 2.82. The molecule has 0 spiro atoms. The van der Waals surface area contributed by atoms with Gasteiger partial charge in [-0.2, -0.15) is 10.1 Å². The van der Waals surface area contributed by atoms with Crippen molar-refractivity contribution < 1.29 is 4.74 Å². The molecule has 0 fully saturated rings. The molecule has 4 rings (SSSR count). The number of nitrogens with zero attached hydrogens (tertiary/aromatic N) is 4. The predicted molar refractivity (Wildman–Crippen MR) is 107 cm³/mol. The van der Waals surface area contributed by atoms with E-state index in [1.165, 1.54) is 0 Å². The average molecular weight is 369 g/mol. The van der Waals surface area contributed by atoms with Gasteiger partial charge in [-0.05, 0) is 26.2 Å². The molecule has 0 aliphatic heterocycles. The molecule has 134 valence electrons. The summed E-state index contributed by atoms with van der Waals surface area (Å²) in [4.78, 5) is 6.80. The summed E-state index contributed by atoms with van der Waals surface area (Å²) in [5, 5.41) is 5.72. The van der Waals surface area contributed by atoms with Crippen molar-refractivity contribution in [2.75, 3.05) is 27.2 Å². The number of benzene rings is 2. The first-order chi connectivity index (χ1) is 12.2. The van der Waals surface area contributed by atoms with Crippen LogP contribution in [0, 0.1) is 0 Å². The molecule has 0 bridgehead atoms. The minimum atomic E-state index is 0. The van der Waals surface area contributed by atoms with E-state index >= 15 is 0 Å². The van der Waals surface area contributed by atoms with Crippen LogP contribution in [0.4, 0.5) is 0 Å². The van der Waals surface area contributed by atoms with E-state index in [4.69, 9.17) is 14.8 Å². The average Bonchev–Trinajstić information content (AvgIpc) is 3.06. The summed E-state index contributed by atoms with van der Waals surface area (Å²) in [5.74, 6) is 0.657. The minimum absolute atomic E-state index is 0. The molecule has 0 saturated heterocycles. The fraction of sp³-hybridized carbons (Fsp3) is 0.200. The van der Waals surface area contributed by atoms with Gasteiger partial charge >= 0.3 is 0 Å². The van der Waals surface area contributed by atoms with Crippen LogP contribution >= 0.6 is 12.4 Å². The SMILES string of the molecule is CN(C)CCOc1nc2cc(-c3ccccc3)nn2c2ccccc12.Cl. The Morgan fingerprint density at radius 2 is 1.73 bits per heavy atom. The molecular formula is C20H21ClN4O. The van der Waals surface area contributed by atoms with Crippen LogP contribution in [0.1, 0.15) is 0 Å². The Morgan fingerprint density at radius 1 is 1.00 bits per heavy atom. The largest absolute Gasteiger partial charge is 0.476 e. The van der Waals surface area contributed by atoms with Gasteiger partial charge in [-0.1, -0.05) is 42.5 Å². The third-order valence-electron chi connectivity index (χ3n) is 4.12. The monoisotopic (exact) mass is 368 g/mol. The summed E-state index contributed by atoms with van der Waals surface area (Å²) in [7, 11) is 4.06. The highest BCUT2D eigenvalue weighted by Crippen LogP contribution is 2.27. The number of para-hydroxylation sites is 1. The number of aromatic nitrogens is 3. The zero-order valence-electron chi connectivity index (χ0n) is 14.8. The van der Waals surface area contributed by atoms with E-state index in [-0.39, 0.29) is 12.4 Å². The van der Waals surface area contributed by atoms with Crippen LogP contribution in [0.15, 0.2) is 60.7 Å². The first kappa shape index (κ1) is 18.2. The normalized spacial score (nSPS) is 11.0.